The van der Waals surface area contributed by atoms with Crippen molar-refractivity contribution in [3.63, 3.8) is 0 Å². The van der Waals surface area contributed by atoms with Gasteiger partial charge >= 0.3 is 0 Å². The van der Waals surface area contributed by atoms with Crippen LogP contribution in [0.4, 0.5) is 5.69 Å². The number of nitrogens with zero attached hydrogens (tertiary/aromatic N) is 1. The van der Waals surface area contributed by atoms with Gasteiger partial charge in [-0.2, -0.15) is 0 Å². The SMILES string of the molecule is COCC(Nc1ccc2nc(C)sc2c1)c1ccccc1. The first-order valence-electron chi connectivity index (χ1n) is 6.94. The number of hydrogen-bond acceptors (Lipinski definition) is 4. The Kier molecular flexibility index (Phi) is 4.18. The number of nitrogens with one attached hydrogen (secondary N) is 1. The minimum atomic E-state index is 0.141. The van der Waals surface area contributed by atoms with Gasteiger partial charge in [-0.1, -0.05) is 30.3 Å². The van der Waals surface area contributed by atoms with E-state index >= 15 is 0 Å². The highest BCUT2D eigenvalue weighted by molar-refractivity contribution is 7.18. The van der Waals surface area contributed by atoms with Crippen LogP contribution in [-0.4, -0.2) is 18.7 Å². The molecular weight excluding hydrogens is 280 g/mol. The third-order valence-electron chi connectivity index (χ3n) is 3.37. The van der Waals surface area contributed by atoms with Gasteiger partial charge < -0.3 is 10.1 Å². The first kappa shape index (κ1) is 14.0. The van der Waals surface area contributed by atoms with E-state index in [0.717, 1.165) is 16.2 Å². The molecule has 0 aliphatic rings. The largest absolute Gasteiger partial charge is 0.382 e. The third kappa shape index (κ3) is 3.23. The van der Waals surface area contributed by atoms with Crippen molar-refractivity contribution in [2.45, 2.75) is 13.0 Å². The summed E-state index contributed by atoms with van der Waals surface area (Å²) in [4.78, 5) is 4.49. The number of aryl methyl sites for hydroxylation is 1. The van der Waals surface area contributed by atoms with Gasteiger partial charge in [0.2, 0.25) is 0 Å². The lowest BCUT2D eigenvalue weighted by molar-refractivity contribution is 0.186. The summed E-state index contributed by atoms with van der Waals surface area (Å²) in [5.41, 5.74) is 3.38. The standard InChI is InChI=1S/C17H18N2OS/c1-12-18-15-9-8-14(10-17(15)21-12)19-16(11-20-2)13-6-4-3-5-7-13/h3-10,16,19H,11H2,1-2H3. The maximum absolute atomic E-state index is 5.35. The summed E-state index contributed by atoms with van der Waals surface area (Å²) in [7, 11) is 1.73. The van der Waals surface area contributed by atoms with E-state index in [0.29, 0.717) is 6.61 Å². The Labute approximate surface area is 128 Å². The first-order valence-corrected chi connectivity index (χ1v) is 7.75. The molecule has 1 atom stereocenters. The molecule has 1 aromatic heterocycles. The van der Waals surface area contributed by atoms with Crippen LogP contribution >= 0.6 is 11.3 Å². The van der Waals surface area contributed by atoms with Crippen LogP contribution in [0.1, 0.15) is 16.6 Å². The normalized spacial score (nSPS) is 12.5. The Hall–Kier alpha value is -1.91. The van der Waals surface area contributed by atoms with Crippen LogP contribution in [0.5, 0.6) is 0 Å². The Morgan fingerprint density at radius 2 is 2.00 bits per heavy atom. The number of rotatable bonds is 5. The number of thiazole rings is 1. The maximum Gasteiger partial charge on any atom is 0.0907 e. The molecular formula is C17H18N2OS. The van der Waals surface area contributed by atoms with E-state index in [2.05, 4.69) is 52.8 Å². The summed E-state index contributed by atoms with van der Waals surface area (Å²) < 4.78 is 6.56. The topological polar surface area (TPSA) is 34.1 Å². The van der Waals surface area contributed by atoms with E-state index in [1.807, 2.05) is 13.0 Å². The molecule has 1 unspecified atom stereocenters. The van der Waals surface area contributed by atoms with E-state index in [1.54, 1.807) is 18.4 Å². The summed E-state index contributed by atoms with van der Waals surface area (Å²) in [6.45, 7) is 2.67. The fourth-order valence-electron chi connectivity index (χ4n) is 2.40. The molecule has 21 heavy (non-hydrogen) atoms. The fourth-order valence-corrected chi connectivity index (χ4v) is 3.27. The zero-order chi connectivity index (χ0) is 14.7. The van der Waals surface area contributed by atoms with Crippen molar-refractivity contribution in [2.24, 2.45) is 0 Å². The summed E-state index contributed by atoms with van der Waals surface area (Å²) in [6.07, 6.45) is 0. The predicted molar refractivity (Wildman–Crippen MR) is 89.0 cm³/mol. The number of ether oxygens (including phenoxy) is 1. The average molecular weight is 298 g/mol. The maximum atomic E-state index is 5.35. The van der Waals surface area contributed by atoms with Crippen molar-refractivity contribution in [2.75, 3.05) is 19.0 Å². The highest BCUT2D eigenvalue weighted by atomic mass is 32.1. The van der Waals surface area contributed by atoms with Gasteiger partial charge in [-0.3, -0.25) is 0 Å². The molecule has 0 radical (unpaired) electrons. The average Bonchev–Trinajstić information content (AvgIpc) is 2.87. The minimum Gasteiger partial charge on any atom is -0.382 e. The fraction of sp³-hybridized carbons (Fsp3) is 0.235. The Morgan fingerprint density at radius 3 is 2.76 bits per heavy atom. The molecule has 2 aromatic carbocycles. The number of hydrogen-bond donors (Lipinski definition) is 1. The molecule has 0 aliphatic carbocycles. The van der Waals surface area contributed by atoms with Gasteiger partial charge in [0.05, 0.1) is 27.9 Å². The highest BCUT2D eigenvalue weighted by Crippen LogP contribution is 2.27. The molecule has 4 heteroatoms. The van der Waals surface area contributed by atoms with Crippen molar-refractivity contribution in [1.82, 2.24) is 4.98 Å². The van der Waals surface area contributed by atoms with Gasteiger partial charge in [-0.25, -0.2) is 4.98 Å². The molecule has 108 valence electrons. The molecule has 3 rings (SSSR count). The van der Waals surface area contributed by atoms with Crippen LogP contribution < -0.4 is 5.32 Å². The van der Waals surface area contributed by atoms with E-state index in [1.165, 1.54) is 10.3 Å². The lowest BCUT2D eigenvalue weighted by Crippen LogP contribution is -2.16. The lowest BCUT2D eigenvalue weighted by atomic mass is 10.1. The second kappa shape index (κ2) is 6.24. The van der Waals surface area contributed by atoms with Gasteiger partial charge in [-0.05, 0) is 30.7 Å². The molecule has 0 saturated heterocycles. The predicted octanol–water partition coefficient (Wildman–Crippen LogP) is 4.40. The van der Waals surface area contributed by atoms with Crippen molar-refractivity contribution in [1.29, 1.82) is 0 Å². The molecule has 1 heterocycles. The van der Waals surface area contributed by atoms with Crippen molar-refractivity contribution < 1.29 is 4.74 Å². The first-order chi connectivity index (χ1) is 10.3. The lowest BCUT2D eigenvalue weighted by Gasteiger charge is -2.19. The van der Waals surface area contributed by atoms with Crippen LogP contribution in [-0.2, 0) is 4.74 Å². The molecule has 0 bridgehead atoms. The summed E-state index contributed by atoms with van der Waals surface area (Å²) >= 11 is 1.72. The number of methoxy groups -OCH3 is 1. The van der Waals surface area contributed by atoms with E-state index in [4.69, 9.17) is 4.74 Å². The van der Waals surface area contributed by atoms with Gasteiger partial charge in [0.25, 0.3) is 0 Å². The number of fused-ring (bicyclic) bond motifs is 1. The summed E-state index contributed by atoms with van der Waals surface area (Å²) in [5.74, 6) is 0. The van der Waals surface area contributed by atoms with Gasteiger partial charge in [0.1, 0.15) is 0 Å². The number of anilines is 1. The minimum absolute atomic E-state index is 0.141. The zero-order valence-corrected chi connectivity index (χ0v) is 13.0. The van der Waals surface area contributed by atoms with E-state index in [9.17, 15) is 0 Å². The zero-order valence-electron chi connectivity index (χ0n) is 12.2. The van der Waals surface area contributed by atoms with Crippen LogP contribution in [0, 0.1) is 6.92 Å². The van der Waals surface area contributed by atoms with Gasteiger partial charge in [0.15, 0.2) is 0 Å². The smallest absolute Gasteiger partial charge is 0.0907 e. The van der Waals surface area contributed by atoms with Crippen molar-refractivity contribution in [3.05, 3.63) is 59.1 Å². The molecule has 0 saturated carbocycles. The molecule has 0 amide bonds. The molecule has 3 nitrogen and oxygen atoms in total. The quantitative estimate of drug-likeness (QED) is 0.758. The monoisotopic (exact) mass is 298 g/mol. The van der Waals surface area contributed by atoms with Gasteiger partial charge in [0, 0.05) is 12.8 Å². The number of benzene rings is 2. The Bertz CT molecular complexity index is 724. The second-order valence-electron chi connectivity index (χ2n) is 4.98. The van der Waals surface area contributed by atoms with Gasteiger partial charge in [-0.15, -0.1) is 11.3 Å². The summed E-state index contributed by atoms with van der Waals surface area (Å²) in [5, 5.41) is 4.65. The van der Waals surface area contributed by atoms with Crippen LogP contribution in [0.3, 0.4) is 0 Å². The molecule has 0 aliphatic heterocycles. The highest BCUT2D eigenvalue weighted by Gasteiger charge is 2.11. The van der Waals surface area contributed by atoms with Crippen LogP contribution in [0.2, 0.25) is 0 Å². The van der Waals surface area contributed by atoms with Crippen LogP contribution in [0.15, 0.2) is 48.5 Å². The molecule has 0 fully saturated rings. The number of aromatic nitrogens is 1. The van der Waals surface area contributed by atoms with E-state index < -0.39 is 0 Å². The third-order valence-corrected chi connectivity index (χ3v) is 4.31. The summed E-state index contributed by atoms with van der Waals surface area (Å²) in [6, 6.07) is 16.8. The van der Waals surface area contributed by atoms with Crippen LogP contribution in [0.25, 0.3) is 10.2 Å². The molecule has 3 aromatic rings. The van der Waals surface area contributed by atoms with Crippen molar-refractivity contribution >= 4 is 27.2 Å². The Balaban J connectivity index is 1.86. The van der Waals surface area contributed by atoms with Crippen molar-refractivity contribution in [3.8, 4) is 0 Å². The second-order valence-corrected chi connectivity index (χ2v) is 6.21. The molecule has 1 N–H and O–H groups in total. The van der Waals surface area contributed by atoms with E-state index in [-0.39, 0.29) is 6.04 Å². The Morgan fingerprint density at radius 1 is 1.19 bits per heavy atom. The molecule has 0 spiro atoms.